The van der Waals surface area contributed by atoms with Gasteiger partial charge in [-0.05, 0) is 5.56 Å². The van der Waals surface area contributed by atoms with E-state index in [0.29, 0.717) is 17.8 Å². The fraction of sp³-hybridized carbons (Fsp3) is 0.111. The monoisotopic (exact) mass is 175 g/mol. The van der Waals surface area contributed by atoms with E-state index in [2.05, 4.69) is 10.3 Å². The summed E-state index contributed by atoms with van der Waals surface area (Å²) in [5.41, 5.74) is 3.17. The van der Waals surface area contributed by atoms with E-state index in [1.54, 1.807) is 0 Å². The molecule has 1 aliphatic carbocycles. The molecule has 2 rings (SSSR count). The highest BCUT2D eigenvalue weighted by atomic mass is 16.4. The van der Waals surface area contributed by atoms with Gasteiger partial charge in [-0.15, -0.1) is 0 Å². The third kappa shape index (κ3) is 1.07. The third-order valence-electron chi connectivity index (χ3n) is 2.15. The summed E-state index contributed by atoms with van der Waals surface area (Å²) in [6.45, 7) is 0. The number of hydrogen-bond donors (Lipinski definition) is 2. The molecular formula is C9H9N3O. The van der Waals surface area contributed by atoms with Crippen molar-refractivity contribution in [3.8, 4) is 0 Å². The van der Waals surface area contributed by atoms with Crippen molar-refractivity contribution in [2.75, 3.05) is 0 Å². The van der Waals surface area contributed by atoms with Crippen LogP contribution in [0.3, 0.4) is 0 Å². The standard InChI is InChI=1S/C9H9N3O/c10-11-9-7-4-2-1-3-6(7)5-8(9)12-13/h1-4,13H,5,10H2. The van der Waals surface area contributed by atoms with Gasteiger partial charge in [0.05, 0.1) is 0 Å². The zero-order valence-electron chi connectivity index (χ0n) is 6.94. The molecule has 0 bridgehead atoms. The maximum atomic E-state index is 8.69. The number of rotatable bonds is 0. The Balaban J connectivity index is 2.59. The van der Waals surface area contributed by atoms with Crippen molar-refractivity contribution >= 4 is 11.4 Å². The number of nitrogens with zero attached hydrogens (tertiary/aromatic N) is 2. The summed E-state index contributed by atoms with van der Waals surface area (Å²) in [7, 11) is 0. The lowest BCUT2D eigenvalue weighted by molar-refractivity contribution is 0.319. The molecule has 3 N–H and O–H groups in total. The van der Waals surface area contributed by atoms with Crippen LogP contribution in [0.15, 0.2) is 34.5 Å². The van der Waals surface area contributed by atoms with Gasteiger partial charge >= 0.3 is 0 Å². The lowest BCUT2D eigenvalue weighted by Crippen LogP contribution is -2.11. The number of hydrogen-bond acceptors (Lipinski definition) is 4. The molecule has 0 aromatic heterocycles. The van der Waals surface area contributed by atoms with Crippen LogP contribution in [0.25, 0.3) is 0 Å². The molecule has 0 unspecified atom stereocenters. The first kappa shape index (κ1) is 7.79. The van der Waals surface area contributed by atoms with Gasteiger partial charge in [0.1, 0.15) is 11.4 Å². The lowest BCUT2D eigenvalue weighted by Gasteiger charge is -1.95. The third-order valence-corrected chi connectivity index (χ3v) is 2.15. The zero-order chi connectivity index (χ0) is 9.26. The number of nitrogens with two attached hydrogens (primary N) is 1. The molecule has 4 heteroatoms. The average molecular weight is 175 g/mol. The minimum Gasteiger partial charge on any atom is -0.411 e. The smallest absolute Gasteiger partial charge is 0.115 e. The summed E-state index contributed by atoms with van der Waals surface area (Å²) < 4.78 is 0. The Hall–Kier alpha value is -1.84. The Morgan fingerprint density at radius 2 is 2.08 bits per heavy atom. The normalized spacial score (nSPS) is 20.9. The molecule has 0 aliphatic heterocycles. The highest BCUT2D eigenvalue weighted by molar-refractivity contribution is 6.51. The molecule has 0 heterocycles. The van der Waals surface area contributed by atoms with E-state index in [0.717, 1.165) is 11.1 Å². The van der Waals surface area contributed by atoms with Gasteiger partial charge in [-0.25, -0.2) is 0 Å². The molecule has 0 atom stereocenters. The van der Waals surface area contributed by atoms with Crippen molar-refractivity contribution in [3.05, 3.63) is 35.4 Å². The van der Waals surface area contributed by atoms with Crippen LogP contribution in [0.5, 0.6) is 0 Å². The van der Waals surface area contributed by atoms with Crippen LogP contribution < -0.4 is 5.84 Å². The summed E-state index contributed by atoms with van der Waals surface area (Å²) in [4.78, 5) is 0. The van der Waals surface area contributed by atoms with Crippen molar-refractivity contribution in [1.29, 1.82) is 0 Å². The Labute approximate surface area is 75.4 Å². The maximum absolute atomic E-state index is 8.69. The second-order valence-electron chi connectivity index (χ2n) is 2.86. The first-order valence-electron chi connectivity index (χ1n) is 3.94. The summed E-state index contributed by atoms with van der Waals surface area (Å²) in [6, 6.07) is 7.73. The predicted octanol–water partition coefficient (Wildman–Crippen LogP) is 0.736. The number of benzene rings is 1. The molecule has 1 aliphatic rings. The highest BCUT2D eigenvalue weighted by Gasteiger charge is 2.24. The number of oxime groups is 1. The van der Waals surface area contributed by atoms with Crippen LogP contribution in [-0.4, -0.2) is 16.6 Å². The van der Waals surface area contributed by atoms with Gasteiger partial charge in [0.15, 0.2) is 0 Å². The van der Waals surface area contributed by atoms with Gasteiger partial charge in [-0.1, -0.05) is 29.4 Å². The first-order valence-corrected chi connectivity index (χ1v) is 3.94. The van der Waals surface area contributed by atoms with Crippen molar-refractivity contribution in [2.24, 2.45) is 16.1 Å². The molecule has 4 nitrogen and oxygen atoms in total. The van der Waals surface area contributed by atoms with Crippen LogP contribution in [0.2, 0.25) is 0 Å². The van der Waals surface area contributed by atoms with Gasteiger partial charge in [0, 0.05) is 12.0 Å². The minimum atomic E-state index is 0.531. The number of fused-ring (bicyclic) bond motifs is 1. The summed E-state index contributed by atoms with van der Waals surface area (Å²) >= 11 is 0. The molecule has 66 valence electrons. The topological polar surface area (TPSA) is 71.0 Å². The molecular weight excluding hydrogens is 166 g/mol. The SMILES string of the molecule is NN=C1C(=NO)Cc2ccccc21. The van der Waals surface area contributed by atoms with E-state index >= 15 is 0 Å². The molecule has 1 aromatic rings. The quantitative estimate of drug-likeness (QED) is 0.347. The van der Waals surface area contributed by atoms with Crippen molar-refractivity contribution in [1.82, 2.24) is 0 Å². The van der Waals surface area contributed by atoms with E-state index in [1.165, 1.54) is 0 Å². The Morgan fingerprint density at radius 1 is 1.31 bits per heavy atom. The molecule has 13 heavy (non-hydrogen) atoms. The van der Waals surface area contributed by atoms with Gasteiger partial charge in [0.25, 0.3) is 0 Å². The Bertz CT molecular complexity index is 396. The van der Waals surface area contributed by atoms with Crippen LogP contribution in [-0.2, 0) is 6.42 Å². The molecule has 0 radical (unpaired) electrons. The average Bonchev–Trinajstić information content (AvgIpc) is 2.55. The second-order valence-corrected chi connectivity index (χ2v) is 2.86. The molecule has 0 fully saturated rings. The summed E-state index contributed by atoms with van der Waals surface area (Å²) in [5, 5.41) is 15.5. The predicted molar refractivity (Wildman–Crippen MR) is 50.1 cm³/mol. The van der Waals surface area contributed by atoms with E-state index in [4.69, 9.17) is 11.0 Å². The largest absolute Gasteiger partial charge is 0.411 e. The zero-order valence-corrected chi connectivity index (χ0v) is 6.94. The van der Waals surface area contributed by atoms with E-state index < -0.39 is 0 Å². The number of hydrazone groups is 1. The molecule has 1 aromatic carbocycles. The maximum Gasteiger partial charge on any atom is 0.115 e. The molecule has 0 saturated carbocycles. The Kier molecular flexibility index (Phi) is 1.73. The van der Waals surface area contributed by atoms with Crippen LogP contribution >= 0.6 is 0 Å². The van der Waals surface area contributed by atoms with E-state index in [1.807, 2.05) is 24.3 Å². The minimum absolute atomic E-state index is 0.531. The highest BCUT2D eigenvalue weighted by Crippen LogP contribution is 2.19. The van der Waals surface area contributed by atoms with Crippen molar-refractivity contribution in [2.45, 2.75) is 6.42 Å². The molecule has 0 amide bonds. The Morgan fingerprint density at radius 3 is 2.77 bits per heavy atom. The van der Waals surface area contributed by atoms with Gasteiger partial charge in [0.2, 0.25) is 0 Å². The molecule has 0 spiro atoms. The van der Waals surface area contributed by atoms with Gasteiger partial charge < -0.3 is 11.0 Å². The van der Waals surface area contributed by atoms with Crippen molar-refractivity contribution < 1.29 is 5.21 Å². The fourth-order valence-corrected chi connectivity index (χ4v) is 1.55. The molecule has 0 saturated heterocycles. The van der Waals surface area contributed by atoms with Crippen LogP contribution in [0.1, 0.15) is 11.1 Å². The lowest BCUT2D eigenvalue weighted by atomic mass is 10.1. The van der Waals surface area contributed by atoms with Gasteiger partial charge in [-0.2, -0.15) is 5.10 Å². The second kappa shape index (κ2) is 2.90. The van der Waals surface area contributed by atoms with E-state index in [9.17, 15) is 0 Å². The van der Waals surface area contributed by atoms with Crippen LogP contribution in [0.4, 0.5) is 0 Å². The summed E-state index contributed by atoms with van der Waals surface area (Å²) in [5.74, 6) is 5.21. The van der Waals surface area contributed by atoms with E-state index in [-0.39, 0.29) is 0 Å². The first-order chi connectivity index (χ1) is 6.36. The van der Waals surface area contributed by atoms with Crippen LogP contribution in [0, 0.1) is 0 Å². The summed E-state index contributed by atoms with van der Waals surface area (Å²) in [6.07, 6.45) is 0.600. The van der Waals surface area contributed by atoms with Gasteiger partial charge in [-0.3, -0.25) is 0 Å². The van der Waals surface area contributed by atoms with Crippen molar-refractivity contribution in [3.63, 3.8) is 0 Å². The fourth-order valence-electron chi connectivity index (χ4n) is 1.55.